The van der Waals surface area contributed by atoms with E-state index in [-0.39, 0.29) is 11.9 Å². The predicted octanol–water partition coefficient (Wildman–Crippen LogP) is 3.60. The molecule has 0 atom stereocenters. The van der Waals surface area contributed by atoms with Crippen molar-refractivity contribution in [3.63, 3.8) is 0 Å². The summed E-state index contributed by atoms with van der Waals surface area (Å²) in [5, 5.41) is 0. The maximum Gasteiger partial charge on any atom is 0.334 e. The average molecular weight is 439 g/mol. The number of aryl methyl sites for hydroxylation is 1. The minimum atomic E-state index is -0.936. The first kappa shape index (κ1) is 21.9. The van der Waals surface area contributed by atoms with Crippen LogP contribution >= 0.6 is 0 Å². The molecule has 1 aromatic carbocycles. The van der Waals surface area contributed by atoms with Gasteiger partial charge in [-0.25, -0.2) is 14.1 Å². The van der Waals surface area contributed by atoms with Crippen LogP contribution in [0.3, 0.4) is 0 Å². The van der Waals surface area contributed by atoms with Crippen molar-refractivity contribution in [2.75, 3.05) is 6.54 Å². The van der Waals surface area contributed by atoms with Gasteiger partial charge >= 0.3 is 17.8 Å². The van der Waals surface area contributed by atoms with E-state index in [1.807, 2.05) is 11.5 Å². The predicted molar refractivity (Wildman–Crippen MR) is 115 cm³/mol. The number of Topliss-reactive ketones (excluding diaryl/α,β-unsaturated/α-hetero) is 1. The van der Waals surface area contributed by atoms with Gasteiger partial charge < -0.3 is 4.57 Å². The zero-order valence-electron chi connectivity index (χ0n) is 18.3. The van der Waals surface area contributed by atoms with E-state index in [1.165, 1.54) is 12.1 Å². The normalized spacial score (nSPS) is 17.5. The maximum absolute atomic E-state index is 13.2. The van der Waals surface area contributed by atoms with Crippen molar-refractivity contribution in [3.05, 3.63) is 58.7 Å². The van der Waals surface area contributed by atoms with Crippen LogP contribution < -0.4 is 0 Å². The van der Waals surface area contributed by atoms with Crippen molar-refractivity contribution < 1.29 is 23.6 Å². The van der Waals surface area contributed by atoms with Crippen molar-refractivity contribution in [1.29, 1.82) is 0 Å². The van der Waals surface area contributed by atoms with Gasteiger partial charge in [0.1, 0.15) is 5.82 Å². The third kappa shape index (κ3) is 3.97. The molecule has 1 aromatic heterocycles. The van der Waals surface area contributed by atoms with Gasteiger partial charge in [0.25, 0.3) is 0 Å². The molecular weight excluding hydrogens is 413 g/mol. The summed E-state index contributed by atoms with van der Waals surface area (Å²) in [6, 6.07) is 6.89. The van der Waals surface area contributed by atoms with Gasteiger partial charge in [0.15, 0.2) is 5.78 Å². The van der Waals surface area contributed by atoms with Crippen LogP contribution in [-0.2, 0) is 16.1 Å². The van der Waals surface area contributed by atoms with Crippen molar-refractivity contribution in [2.45, 2.75) is 58.5 Å². The van der Waals surface area contributed by atoms with Gasteiger partial charge in [-0.3, -0.25) is 19.3 Å². The smallest absolute Gasteiger partial charge is 0.334 e. The topological polar surface area (TPSA) is 79.7 Å². The molecule has 4 rings (SSSR count). The van der Waals surface area contributed by atoms with E-state index < -0.39 is 30.2 Å². The molecule has 1 aliphatic heterocycles. The molecule has 1 saturated heterocycles. The van der Waals surface area contributed by atoms with Crippen LogP contribution in [0.4, 0.5) is 9.18 Å². The first-order chi connectivity index (χ1) is 15.3. The van der Waals surface area contributed by atoms with Crippen LogP contribution in [0.25, 0.3) is 0 Å². The zero-order valence-corrected chi connectivity index (χ0v) is 18.3. The van der Waals surface area contributed by atoms with Crippen LogP contribution in [0.15, 0.2) is 30.3 Å². The molecule has 4 amide bonds. The Balaban J connectivity index is 1.51. The number of hydrogen-bond donors (Lipinski definition) is 0. The minimum Gasteiger partial charge on any atom is -0.344 e. The first-order valence-corrected chi connectivity index (χ1v) is 10.9. The van der Waals surface area contributed by atoms with E-state index in [9.17, 15) is 23.6 Å². The number of ketones is 1. The van der Waals surface area contributed by atoms with Gasteiger partial charge in [0.05, 0.1) is 6.54 Å². The third-order valence-electron chi connectivity index (χ3n) is 6.45. The van der Waals surface area contributed by atoms with E-state index in [4.69, 9.17) is 0 Å². The summed E-state index contributed by atoms with van der Waals surface area (Å²) in [5.41, 5.74) is 2.79. The highest BCUT2D eigenvalue weighted by Gasteiger charge is 2.48. The zero-order chi connectivity index (χ0) is 23.0. The fraction of sp³-hybridized carbons (Fsp3) is 0.417. The molecule has 7 nitrogen and oxygen atoms in total. The molecule has 0 unspecified atom stereocenters. The van der Waals surface area contributed by atoms with Gasteiger partial charge in [-0.2, -0.15) is 0 Å². The monoisotopic (exact) mass is 439 g/mol. The first-order valence-electron chi connectivity index (χ1n) is 10.9. The Morgan fingerprint density at radius 2 is 1.66 bits per heavy atom. The van der Waals surface area contributed by atoms with Crippen LogP contribution in [-0.4, -0.2) is 50.6 Å². The second-order valence-electron chi connectivity index (χ2n) is 8.56. The number of hydrogen-bond acceptors (Lipinski definition) is 4. The Kier molecular flexibility index (Phi) is 5.95. The Bertz CT molecular complexity index is 1080. The Hall–Kier alpha value is -3.29. The van der Waals surface area contributed by atoms with Gasteiger partial charge in [-0.1, -0.05) is 31.4 Å². The molecule has 2 aliphatic rings. The lowest BCUT2D eigenvalue weighted by molar-refractivity contribution is -0.144. The molecule has 168 valence electrons. The third-order valence-corrected chi connectivity index (χ3v) is 6.45. The Labute approximate surface area is 185 Å². The standard InChI is InChI=1S/C24H26FN3O4/c1-15-12-20(16(2)26(15)13-17-8-10-18(25)11-9-17)21(29)14-27-22(30)23(31)28(24(27)32)19-6-4-3-5-7-19/h8-12,19H,3-7,13-14H2,1-2H3. The number of urea groups is 1. The number of imide groups is 2. The lowest BCUT2D eigenvalue weighted by Gasteiger charge is -2.28. The molecule has 0 bridgehead atoms. The number of halogens is 1. The minimum absolute atomic E-state index is 0.270. The highest BCUT2D eigenvalue weighted by Crippen LogP contribution is 2.27. The molecule has 8 heteroatoms. The average Bonchev–Trinajstić information content (AvgIpc) is 3.18. The van der Waals surface area contributed by atoms with E-state index in [0.29, 0.717) is 30.6 Å². The largest absolute Gasteiger partial charge is 0.344 e. The Morgan fingerprint density at radius 1 is 1.00 bits per heavy atom. The molecule has 2 fully saturated rings. The number of carbonyl (C=O) groups excluding carboxylic acids is 4. The number of aromatic nitrogens is 1. The lowest BCUT2D eigenvalue weighted by atomic mass is 9.94. The highest BCUT2D eigenvalue weighted by molar-refractivity contribution is 6.45. The molecule has 2 aromatic rings. The number of benzene rings is 1. The molecule has 1 saturated carbocycles. The second-order valence-corrected chi connectivity index (χ2v) is 8.56. The highest BCUT2D eigenvalue weighted by atomic mass is 19.1. The molecule has 0 spiro atoms. The SMILES string of the molecule is Cc1cc(C(=O)CN2C(=O)C(=O)N(C3CCCCC3)C2=O)c(C)n1Cc1ccc(F)cc1. The number of carbonyl (C=O) groups is 4. The molecule has 32 heavy (non-hydrogen) atoms. The summed E-state index contributed by atoms with van der Waals surface area (Å²) in [6.07, 6.45) is 4.26. The van der Waals surface area contributed by atoms with Gasteiger partial charge in [0, 0.05) is 29.5 Å². The van der Waals surface area contributed by atoms with E-state index in [2.05, 4.69) is 0 Å². The maximum atomic E-state index is 13.2. The van der Waals surface area contributed by atoms with E-state index >= 15 is 0 Å². The number of rotatable bonds is 6. The summed E-state index contributed by atoms with van der Waals surface area (Å²) in [6.45, 7) is 3.64. The van der Waals surface area contributed by atoms with Crippen molar-refractivity contribution in [2.24, 2.45) is 0 Å². The van der Waals surface area contributed by atoms with Gasteiger partial charge in [0.2, 0.25) is 0 Å². The van der Waals surface area contributed by atoms with Crippen molar-refractivity contribution in [1.82, 2.24) is 14.4 Å². The molecule has 1 aliphatic carbocycles. The van der Waals surface area contributed by atoms with E-state index in [1.54, 1.807) is 25.1 Å². The molecule has 0 radical (unpaired) electrons. The number of nitrogens with zero attached hydrogens (tertiary/aromatic N) is 3. The summed E-state index contributed by atoms with van der Waals surface area (Å²) < 4.78 is 15.1. The lowest BCUT2D eigenvalue weighted by Crippen LogP contribution is -2.43. The Morgan fingerprint density at radius 3 is 2.31 bits per heavy atom. The van der Waals surface area contributed by atoms with Crippen LogP contribution in [0.5, 0.6) is 0 Å². The second kappa shape index (κ2) is 8.68. The molecule has 0 N–H and O–H groups in total. The molecule has 2 heterocycles. The van der Waals surface area contributed by atoms with Crippen LogP contribution in [0.1, 0.15) is 59.4 Å². The van der Waals surface area contributed by atoms with Gasteiger partial charge in [-0.15, -0.1) is 0 Å². The van der Waals surface area contributed by atoms with Crippen LogP contribution in [0.2, 0.25) is 0 Å². The summed E-state index contributed by atoms with van der Waals surface area (Å²) in [4.78, 5) is 52.6. The van der Waals surface area contributed by atoms with Crippen molar-refractivity contribution in [3.8, 4) is 0 Å². The van der Waals surface area contributed by atoms with E-state index in [0.717, 1.165) is 40.3 Å². The van der Waals surface area contributed by atoms with Crippen molar-refractivity contribution >= 4 is 23.6 Å². The number of amides is 4. The summed E-state index contributed by atoms with van der Waals surface area (Å²) >= 11 is 0. The van der Waals surface area contributed by atoms with Gasteiger partial charge in [-0.05, 0) is 50.5 Å². The fourth-order valence-electron chi connectivity index (χ4n) is 4.65. The molecular formula is C24H26FN3O4. The summed E-state index contributed by atoms with van der Waals surface area (Å²) in [5.74, 6) is -2.49. The van der Waals surface area contributed by atoms with Crippen LogP contribution in [0, 0.1) is 19.7 Å². The fourth-order valence-corrected chi connectivity index (χ4v) is 4.65. The quantitative estimate of drug-likeness (QED) is 0.391. The summed E-state index contributed by atoms with van der Waals surface area (Å²) in [7, 11) is 0.